The molecule has 1 heterocycles. The van der Waals surface area contributed by atoms with Gasteiger partial charge in [0, 0.05) is 19.0 Å². The zero-order valence-electron chi connectivity index (χ0n) is 11.4. The van der Waals surface area contributed by atoms with Gasteiger partial charge < -0.3 is 16.0 Å². The molecule has 100 valence electrons. The fraction of sp³-hybridized carbons (Fsp3) is 0.583. The molecule has 0 aliphatic carbocycles. The molecule has 0 fully saturated rings. The van der Waals surface area contributed by atoms with Crippen molar-refractivity contribution in [3.63, 3.8) is 0 Å². The Morgan fingerprint density at radius 3 is 2.72 bits per heavy atom. The van der Waals surface area contributed by atoms with E-state index in [1.807, 2.05) is 32.8 Å². The van der Waals surface area contributed by atoms with Gasteiger partial charge in [0.1, 0.15) is 5.82 Å². The van der Waals surface area contributed by atoms with Gasteiger partial charge in [0.2, 0.25) is 0 Å². The van der Waals surface area contributed by atoms with E-state index < -0.39 is 0 Å². The molecule has 6 nitrogen and oxygen atoms in total. The molecule has 0 saturated heterocycles. The second-order valence-electron chi connectivity index (χ2n) is 4.75. The number of carbonyl (C=O) groups is 1. The van der Waals surface area contributed by atoms with Gasteiger partial charge in [0.05, 0.1) is 11.9 Å². The van der Waals surface area contributed by atoms with Crippen LogP contribution in [0.15, 0.2) is 6.20 Å². The number of rotatable bonds is 5. The van der Waals surface area contributed by atoms with Crippen LogP contribution in [0, 0.1) is 0 Å². The smallest absolute Gasteiger partial charge is 0.272 e. The molecule has 6 heteroatoms. The Morgan fingerprint density at radius 2 is 2.17 bits per heavy atom. The van der Waals surface area contributed by atoms with Gasteiger partial charge in [0.15, 0.2) is 5.69 Å². The van der Waals surface area contributed by atoms with Crippen molar-refractivity contribution in [3.8, 4) is 0 Å². The molecule has 0 aromatic carbocycles. The lowest BCUT2D eigenvalue weighted by molar-refractivity contribution is 0.0946. The lowest BCUT2D eigenvalue weighted by Crippen LogP contribution is -2.32. The Morgan fingerprint density at radius 1 is 1.50 bits per heavy atom. The number of nitrogen functional groups attached to an aromatic ring is 1. The maximum atomic E-state index is 11.9. The van der Waals surface area contributed by atoms with Crippen LogP contribution in [0.5, 0.6) is 0 Å². The molecule has 0 spiro atoms. The van der Waals surface area contributed by atoms with Crippen LogP contribution in [0.3, 0.4) is 0 Å². The summed E-state index contributed by atoms with van der Waals surface area (Å²) in [6.07, 6.45) is 1.49. The number of nitrogens with zero attached hydrogens (tertiary/aromatic N) is 3. The number of nitrogens with one attached hydrogen (secondary N) is 1. The normalized spacial score (nSPS) is 11.0. The van der Waals surface area contributed by atoms with E-state index >= 15 is 0 Å². The highest BCUT2D eigenvalue weighted by atomic mass is 16.1. The Bertz CT molecular complexity index is 417. The lowest BCUT2D eigenvalue weighted by Gasteiger charge is -2.12. The van der Waals surface area contributed by atoms with E-state index in [1.165, 1.54) is 6.20 Å². The van der Waals surface area contributed by atoms with E-state index in [-0.39, 0.29) is 17.5 Å². The Balaban J connectivity index is 2.75. The summed E-state index contributed by atoms with van der Waals surface area (Å²) in [5.41, 5.74) is 6.29. The molecule has 1 aromatic heterocycles. The second-order valence-corrected chi connectivity index (χ2v) is 4.75. The van der Waals surface area contributed by atoms with Crippen molar-refractivity contribution < 1.29 is 4.79 Å². The third kappa shape index (κ3) is 3.96. The van der Waals surface area contributed by atoms with Gasteiger partial charge >= 0.3 is 0 Å². The van der Waals surface area contributed by atoms with Crippen LogP contribution in [0.25, 0.3) is 0 Å². The minimum Gasteiger partial charge on any atom is -0.396 e. The summed E-state index contributed by atoms with van der Waals surface area (Å²) in [6, 6.07) is 0. The molecule has 1 amide bonds. The number of anilines is 1. The highest BCUT2D eigenvalue weighted by Gasteiger charge is 2.14. The van der Waals surface area contributed by atoms with Crippen molar-refractivity contribution in [1.82, 2.24) is 20.2 Å². The molecule has 0 aliphatic rings. The monoisotopic (exact) mass is 251 g/mol. The molecular formula is C12H21N5O. The molecule has 0 unspecified atom stereocenters. The molecule has 0 aliphatic heterocycles. The summed E-state index contributed by atoms with van der Waals surface area (Å²) in [6.45, 7) is 5.28. The van der Waals surface area contributed by atoms with Crippen LogP contribution in [0.1, 0.15) is 36.1 Å². The van der Waals surface area contributed by atoms with E-state index in [2.05, 4.69) is 15.3 Å². The van der Waals surface area contributed by atoms with Crippen LogP contribution >= 0.6 is 0 Å². The number of hydrogen-bond donors (Lipinski definition) is 2. The van der Waals surface area contributed by atoms with Crippen molar-refractivity contribution in [2.45, 2.75) is 19.8 Å². The molecule has 0 radical (unpaired) electrons. The molecule has 0 saturated carbocycles. The zero-order valence-corrected chi connectivity index (χ0v) is 11.4. The summed E-state index contributed by atoms with van der Waals surface area (Å²) in [7, 11) is 3.89. The first-order valence-corrected chi connectivity index (χ1v) is 5.97. The van der Waals surface area contributed by atoms with Gasteiger partial charge in [-0.3, -0.25) is 4.79 Å². The highest BCUT2D eigenvalue weighted by Crippen LogP contribution is 2.13. The molecule has 3 N–H and O–H groups in total. The summed E-state index contributed by atoms with van der Waals surface area (Å²) in [4.78, 5) is 22.2. The lowest BCUT2D eigenvalue weighted by atomic mass is 10.2. The van der Waals surface area contributed by atoms with Crippen molar-refractivity contribution >= 4 is 11.6 Å². The quantitative estimate of drug-likeness (QED) is 0.795. The summed E-state index contributed by atoms with van der Waals surface area (Å²) in [5, 5.41) is 2.79. The van der Waals surface area contributed by atoms with E-state index in [9.17, 15) is 4.79 Å². The Labute approximate surface area is 108 Å². The molecule has 0 bridgehead atoms. The van der Waals surface area contributed by atoms with Gasteiger partial charge in [0.25, 0.3) is 5.91 Å². The molecule has 1 aromatic rings. The minimum absolute atomic E-state index is 0.166. The van der Waals surface area contributed by atoms with Gasteiger partial charge in [-0.15, -0.1) is 0 Å². The molecule has 18 heavy (non-hydrogen) atoms. The first kappa shape index (κ1) is 14.4. The van der Waals surface area contributed by atoms with Gasteiger partial charge in [-0.2, -0.15) is 0 Å². The number of amides is 1. The minimum atomic E-state index is -0.251. The van der Waals surface area contributed by atoms with Crippen LogP contribution in [-0.2, 0) is 0 Å². The van der Waals surface area contributed by atoms with E-state index in [0.29, 0.717) is 18.1 Å². The second kappa shape index (κ2) is 6.30. The summed E-state index contributed by atoms with van der Waals surface area (Å²) in [5.74, 6) is 0.541. The van der Waals surface area contributed by atoms with Crippen molar-refractivity contribution in [2.24, 2.45) is 0 Å². The Kier molecular flexibility index (Phi) is 5.03. The van der Waals surface area contributed by atoms with Crippen LogP contribution in [0.4, 0.5) is 5.69 Å². The van der Waals surface area contributed by atoms with Crippen LogP contribution < -0.4 is 11.1 Å². The average Bonchev–Trinajstić information content (AvgIpc) is 2.28. The largest absolute Gasteiger partial charge is 0.396 e. The highest BCUT2D eigenvalue weighted by molar-refractivity contribution is 5.96. The van der Waals surface area contributed by atoms with E-state index in [0.717, 1.165) is 6.54 Å². The average molecular weight is 251 g/mol. The van der Waals surface area contributed by atoms with Gasteiger partial charge in [-0.25, -0.2) is 9.97 Å². The first-order valence-electron chi connectivity index (χ1n) is 5.97. The fourth-order valence-electron chi connectivity index (χ4n) is 1.34. The van der Waals surface area contributed by atoms with Crippen molar-refractivity contribution in [3.05, 3.63) is 17.7 Å². The summed E-state index contributed by atoms with van der Waals surface area (Å²) >= 11 is 0. The summed E-state index contributed by atoms with van der Waals surface area (Å²) < 4.78 is 0. The maximum absolute atomic E-state index is 11.9. The first-order chi connectivity index (χ1) is 8.41. The van der Waals surface area contributed by atoms with Crippen molar-refractivity contribution in [2.75, 3.05) is 32.9 Å². The van der Waals surface area contributed by atoms with Gasteiger partial charge in [-0.05, 0) is 14.1 Å². The molecule has 0 atom stereocenters. The number of aromatic nitrogens is 2. The SMILES string of the molecule is CC(C)c1ncc(N)c(C(=O)NCCN(C)C)n1. The van der Waals surface area contributed by atoms with Crippen LogP contribution in [0.2, 0.25) is 0 Å². The predicted octanol–water partition coefficient (Wildman–Crippen LogP) is 0.474. The van der Waals surface area contributed by atoms with Gasteiger partial charge in [-0.1, -0.05) is 13.8 Å². The molecule has 1 rings (SSSR count). The molecular weight excluding hydrogens is 230 g/mol. The fourth-order valence-corrected chi connectivity index (χ4v) is 1.34. The van der Waals surface area contributed by atoms with Crippen molar-refractivity contribution in [1.29, 1.82) is 0 Å². The third-order valence-corrected chi connectivity index (χ3v) is 2.41. The number of hydrogen-bond acceptors (Lipinski definition) is 5. The number of carbonyl (C=O) groups excluding carboxylic acids is 1. The maximum Gasteiger partial charge on any atom is 0.272 e. The standard InChI is InChI=1S/C12H21N5O/c1-8(2)11-15-7-9(13)10(16-11)12(18)14-5-6-17(3)4/h7-8H,5-6,13H2,1-4H3,(H,14,18). The third-order valence-electron chi connectivity index (χ3n) is 2.41. The van der Waals surface area contributed by atoms with E-state index in [4.69, 9.17) is 5.73 Å². The Hall–Kier alpha value is -1.69. The van der Waals surface area contributed by atoms with Crippen LogP contribution in [-0.4, -0.2) is 48.0 Å². The topological polar surface area (TPSA) is 84.1 Å². The zero-order chi connectivity index (χ0) is 13.7. The van der Waals surface area contributed by atoms with E-state index in [1.54, 1.807) is 0 Å². The number of likely N-dealkylation sites (N-methyl/N-ethyl adjacent to an activating group) is 1. The predicted molar refractivity (Wildman–Crippen MR) is 71.4 cm³/mol. The number of nitrogens with two attached hydrogens (primary N) is 1.